The number of carbonyl (C=O) groups is 1. The first-order valence-corrected chi connectivity index (χ1v) is 11.0. The fourth-order valence-corrected chi connectivity index (χ4v) is 4.04. The van der Waals surface area contributed by atoms with Crippen molar-refractivity contribution in [1.82, 2.24) is 19.6 Å². The number of hydrogen-bond acceptors (Lipinski definition) is 5. The molecule has 0 bridgehead atoms. The van der Waals surface area contributed by atoms with Crippen LogP contribution in [0.5, 0.6) is 0 Å². The van der Waals surface area contributed by atoms with E-state index in [-0.39, 0.29) is 11.6 Å². The van der Waals surface area contributed by atoms with E-state index in [4.69, 9.17) is 23.2 Å². The smallest absolute Gasteiger partial charge is 0.305 e. The molecule has 0 aliphatic rings. The van der Waals surface area contributed by atoms with Crippen LogP contribution >= 0.6 is 23.2 Å². The highest BCUT2D eigenvalue weighted by molar-refractivity contribution is 6.35. The number of aromatic nitrogens is 4. The first-order valence-electron chi connectivity index (χ1n) is 10.3. The van der Waals surface area contributed by atoms with E-state index >= 15 is 0 Å². The molecule has 0 aliphatic carbocycles. The van der Waals surface area contributed by atoms with E-state index < -0.39 is 4.92 Å². The zero-order valence-corrected chi connectivity index (χ0v) is 19.8. The molecule has 1 N–H and O–H groups in total. The van der Waals surface area contributed by atoms with Gasteiger partial charge in [-0.2, -0.15) is 10.2 Å². The van der Waals surface area contributed by atoms with Crippen LogP contribution in [0.15, 0.2) is 54.7 Å². The highest BCUT2D eigenvalue weighted by Crippen LogP contribution is 2.23. The minimum Gasteiger partial charge on any atom is -0.305 e. The van der Waals surface area contributed by atoms with Crippen LogP contribution in [0.1, 0.15) is 32.9 Å². The maximum Gasteiger partial charge on any atom is 0.312 e. The molecule has 0 radical (unpaired) electrons. The number of anilines is 1. The fourth-order valence-electron chi connectivity index (χ4n) is 3.57. The van der Waals surface area contributed by atoms with Crippen molar-refractivity contribution in [2.45, 2.75) is 26.9 Å². The second kappa shape index (κ2) is 9.66. The number of rotatable bonds is 7. The topological polar surface area (TPSA) is 108 Å². The lowest BCUT2D eigenvalue weighted by Crippen LogP contribution is -2.13. The summed E-state index contributed by atoms with van der Waals surface area (Å²) in [5, 5.41) is 23.7. The van der Waals surface area contributed by atoms with Gasteiger partial charge >= 0.3 is 5.69 Å². The van der Waals surface area contributed by atoms with Crippen LogP contribution in [0.2, 0.25) is 10.0 Å². The first-order chi connectivity index (χ1) is 16.2. The lowest BCUT2D eigenvalue weighted by atomic mass is 10.1. The van der Waals surface area contributed by atoms with Crippen molar-refractivity contribution < 1.29 is 9.72 Å². The quantitative estimate of drug-likeness (QED) is 0.276. The lowest BCUT2D eigenvalue weighted by molar-refractivity contribution is -0.386. The van der Waals surface area contributed by atoms with Gasteiger partial charge in [0.05, 0.1) is 18.0 Å². The third-order valence-electron chi connectivity index (χ3n) is 5.30. The molecule has 0 saturated carbocycles. The number of nitro groups is 1. The van der Waals surface area contributed by atoms with Crippen molar-refractivity contribution in [3.05, 3.63) is 103 Å². The Balaban J connectivity index is 1.40. The van der Waals surface area contributed by atoms with Gasteiger partial charge in [-0.25, -0.2) is 0 Å². The Morgan fingerprint density at radius 1 is 1.06 bits per heavy atom. The van der Waals surface area contributed by atoms with Crippen molar-refractivity contribution in [1.29, 1.82) is 0 Å². The van der Waals surface area contributed by atoms with Crippen molar-refractivity contribution >= 4 is 40.6 Å². The van der Waals surface area contributed by atoms with Crippen LogP contribution in [0, 0.1) is 24.0 Å². The SMILES string of the molecule is Cc1nn(Cc2ccc(C(=O)Nc3ccn(Cc4ccc(Cl)cc4Cl)n3)cc2)c(C)c1[N+](=O)[O-]. The molecular formula is C23H20Cl2N6O3. The summed E-state index contributed by atoms with van der Waals surface area (Å²) in [4.78, 5) is 23.4. The van der Waals surface area contributed by atoms with Gasteiger partial charge in [-0.1, -0.05) is 41.4 Å². The predicted octanol–water partition coefficient (Wildman–Crippen LogP) is 5.26. The van der Waals surface area contributed by atoms with Gasteiger partial charge in [0, 0.05) is 27.9 Å². The molecule has 2 aromatic carbocycles. The Kier molecular flexibility index (Phi) is 6.67. The van der Waals surface area contributed by atoms with Gasteiger partial charge < -0.3 is 5.32 Å². The zero-order valence-electron chi connectivity index (χ0n) is 18.3. The number of nitrogens with one attached hydrogen (secondary N) is 1. The van der Waals surface area contributed by atoms with Gasteiger partial charge in [-0.3, -0.25) is 24.3 Å². The maximum absolute atomic E-state index is 12.6. The number of benzene rings is 2. The van der Waals surface area contributed by atoms with Crippen molar-refractivity contribution in [3.63, 3.8) is 0 Å². The van der Waals surface area contributed by atoms with E-state index in [0.29, 0.717) is 45.9 Å². The Labute approximate surface area is 205 Å². The summed E-state index contributed by atoms with van der Waals surface area (Å²) in [6, 6.07) is 13.9. The molecule has 2 aromatic heterocycles. The van der Waals surface area contributed by atoms with Crippen LogP contribution in [-0.4, -0.2) is 30.4 Å². The van der Waals surface area contributed by atoms with Gasteiger partial charge in [-0.15, -0.1) is 0 Å². The molecule has 11 heteroatoms. The Morgan fingerprint density at radius 2 is 1.79 bits per heavy atom. The van der Waals surface area contributed by atoms with Crippen LogP contribution in [-0.2, 0) is 13.1 Å². The third-order valence-corrected chi connectivity index (χ3v) is 5.89. The number of carbonyl (C=O) groups excluding carboxylic acids is 1. The number of hydrogen-bond donors (Lipinski definition) is 1. The molecule has 0 atom stereocenters. The van der Waals surface area contributed by atoms with Gasteiger partial charge in [0.15, 0.2) is 5.82 Å². The molecule has 0 aliphatic heterocycles. The molecule has 9 nitrogen and oxygen atoms in total. The maximum atomic E-state index is 12.6. The summed E-state index contributed by atoms with van der Waals surface area (Å²) >= 11 is 12.1. The Hall–Kier alpha value is -3.69. The third kappa shape index (κ3) is 5.11. The van der Waals surface area contributed by atoms with E-state index in [1.807, 2.05) is 6.07 Å². The summed E-state index contributed by atoms with van der Waals surface area (Å²) in [6.07, 6.45) is 1.75. The Bertz CT molecular complexity index is 1380. The van der Waals surface area contributed by atoms with Crippen LogP contribution in [0.3, 0.4) is 0 Å². The normalized spacial score (nSPS) is 10.9. The molecular weight excluding hydrogens is 479 g/mol. The summed E-state index contributed by atoms with van der Waals surface area (Å²) in [5.74, 6) is 0.109. The fraction of sp³-hybridized carbons (Fsp3) is 0.174. The average molecular weight is 499 g/mol. The molecule has 1 amide bonds. The highest BCUT2D eigenvalue weighted by atomic mass is 35.5. The summed E-state index contributed by atoms with van der Waals surface area (Å²) in [7, 11) is 0. The Morgan fingerprint density at radius 3 is 2.44 bits per heavy atom. The first kappa shape index (κ1) is 23.5. The molecule has 4 rings (SSSR count). The number of halogens is 2. The van der Waals surface area contributed by atoms with E-state index in [0.717, 1.165) is 11.1 Å². The monoisotopic (exact) mass is 498 g/mol. The van der Waals surface area contributed by atoms with Gasteiger partial charge in [0.25, 0.3) is 5.91 Å². The van der Waals surface area contributed by atoms with Crippen LogP contribution < -0.4 is 5.32 Å². The highest BCUT2D eigenvalue weighted by Gasteiger charge is 2.21. The molecule has 0 unspecified atom stereocenters. The molecule has 34 heavy (non-hydrogen) atoms. The average Bonchev–Trinajstić information content (AvgIpc) is 3.33. The number of aryl methyl sites for hydroxylation is 1. The van der Waals surface area contributed by atoms with E-state index in [1.54, 1.807) is 71.9 Å². The van der Waals surface area contributed by atoms with Crippen LogP contribution in [0.25, 0.3) is 0 Å². The minimum atomic E-state index is -0.424. The van der Waals surface area contributed by atoms with E-state index in [9.17, 15) is 14.9 Å². The molecule has 4 aromatic rings. The van der Waals surface area contributed by atoms with Gasteiger partial charge in [0.1, 0.15) is 11.4 Å². The molecule has 0 saturated heterocycles. The second-order valence-electron chi connectivity index (χ2n) is 7.72. The number of amides is 1. The van der Waals surface area contributed by atoms with E-state index in [1.165, 1.54) is 0 Å². The molecule has 174 valence electrons. The number of nitrogens with zero attached hydrogens (tertiary/aromatic N) is 5. The minimum absolute atomic E-state index is 0.0220. The second-order valence-corrected chi connectivity index (χ2v) is 8.56. The van der Waals surface area contributed by atoms with Gasteiger partial charge in [-0.05, 0) is 49.2 Å². The van der Waals surface area contributed by atoms with Crippen LogP contribution in [0.4, 0.5) is 11.5 Å². The van der Waals surface area contributed by atoms with Crippen molar-refractivity contribution in [3.8, 4) is 0 Å². The predicted molar refractivity (Wildman–Crippen MR) is 130 cm³/mol. The summed E-state index contributed by atoms with van der Waals surface area (Å²) in [5.41, 5.74) is 3.06. The van der Waals surface area contributed by atoms with Gasteiger partial charge in [0.2, 0.25) is 0 Å². The standard InChI is InChI=1S/C23H20Cl2N6O3/c1-14-22(31(33)34)15(2)30(27-14)12-16-3-5-17(6-4-16)23(32)26-21-9-10-29(28-21)13-18-7-8-19(24)11-20(18)25/h3-11H,12-13H2,1-2H3,(H,26,28,32). The summed E-state index contributed by atoms with van der Waals surface area (Å²) in [6.45, 7) is 4.07. The molecule has 0 spiro atoms. The lowest BCUT2D eigenvalue weighted by Gasteiger charge is -2.07. The van der Waals surface area contributed by atoms with Crippen molar-refractivity contribution in [2.75, 3.05) is 5.32 Å². The van der Waals surface area contributed by atoms with E-state index in [2.05, 4.69) is 15.5 Å². The molecule has 0 fully saturated rings. The summed E-state index contributed by atoms with van der Waals surface area (Å²) < 4.78 is 3.25. The zero-order chi connectivity index (χ0) is 24.4. The van der Waals surface area contributed by atoms with Crippen molar-refractivity contribution in [2.24, 2.45) is 0 Å². The largest absolute Gasteiger partial charge is 0.312 e. The molecule has 2 heterocycles.